The minimum atomic E-state index is -3.87. The zero-order chi connectivity index (χ0) is 20.8. The second-order valence-corrected chi connectivity index (χ2v) is 9.28. The van der Waals surface area contributed by atoms with Crippen LogP contribution in [0.2, 0.25) is 0 Å². The van der Waals surface area contributed by atoms with Gasteiger partial charge in [-0.05, 0) is 64.9 Å². The summed E-state index contributed by atoms with van der Waals surface area (Å²) in [6.07, 6.45) is 0.352. The van der Waals surface area contributed by atoms with Gasteiger partial charge in [0.2, 0.25) is 10.0 Å². The lowest BCUT2D eigenvalue weighted by Crippen LogP contribution is -2.47. The molecule has 0 spiro atoms. The molecule has 0 aliphatic carbocycles. The number of sulfonamides is 1. The lowest BCUT2D eigenvalue weighted by atomic mass is 10.1. The highest BCUT2D eigenvalue weighted by Gasteiger charge is 2.38. The first kappa shape index (κ1) is 22.2. The lowest BCUT2D eigenvalue weighted by molar-refractivity contribution is -0.159. The number of ether oxygens (including phenoxy) is 2. The van der Waals surface area contributed by atoms with Gasteiger partial charge in [0.1, 0.15) is 24.0 Å². The van der Waals surface area contributed by atoms with Crippen molar-refractivity contribution in [2.75, 3.05) is 26.2 Å². The molecule has 0 saturated carbocycles. The summed E-state index contributed by atoms with van der Waals surface area (Å²) in [6, 6.07) is 5.27. The Kier molecular flexibility index (Phi) is 7.47. The van der Waals surface area contributed by atoms with E-state index in [9.17, 15) is 13.2 Å². The van der Waals surface area contributed by atoms with Crippen molar-refractivity contribution in [1.29, 1.82) is 0 Å². The molecule has 154 valence electrons. The Bertz CT molecular complexity index is 832. The third kappa shape index (κ3) is 5.96. The maximum atomic E-state index is 13.2. The molecule has 1 heterocycles. The van der Waals surface area contributed by atoms with Crippen LogP contribution in [-0.2, 0) is 19.6 Å². The van der Waals surface area contributed by atoms with E-state index in [1.165, 1.54) is 16.4 Å². The Balaban J connectivity index is 2.26. The summed E-state index contributed by atoms with van der Waals surface area (Å²) in [4.78, 5) is 12.8. The second-order valence-electron chi connectivity index (χ2n) is 7.39. The number of hydrogen-bond donors (Lipinski definition) is 1. The van der Waals surface area contributed by atoms with Gasteiger partial charge in [-0.15, -0.1) is 5.92 Å². The largest absolute Gasteiger partial charge is 0.481 e. The number of esters is 1. The third-order valence-electron chi connectivity index (χ3n) is 4.05. The van der Waals surface area contributed by atoms with E-state index in [1.54, 1.807) is 39.8 Å². The standard InChI is InChI=1S/C20H28N2O5S/c1-5-6-15-26-16-7-9-17(10-8-16)28(24,25)22-14-13-21-12-11-18(22)19(23)27-20(2,3)4/h7-10,18,21H,11-15H2,1-4H3. The minimum absolute atomic E-state index is 0.108. The van der Waals surface area contributed by atoms with Crippen molar-refractivity contribution in [3.63, 3.8) is 0 Å². The van der Waals surface area contributed by atoms with E-state index in [0.717, 1.165) is 0 Å². The Morgan fingerprint density at radius 2 is 1.93 bits per heavy atom. The first-order chi connectivity index (χ1) is 13.1. The molecule has 0 radical (unpaired) electrons. The van der Waals surface area contributed by atoms with Crippen molar-refractivity contribution < 1.29 is 22.7 Å². The molecular formula is C20H28N2O5S. The molecule has 2 rings (SSSR count). The molecule has 0 bridgehead atoms. The highest BCUT2D eigenvalue weighted by Crippen LogP contribution is 2.24. The monoisotopic (exact) mass is 408 g/mol. The van der Waals surface area contributed by atoms with Crippen LogP contribution in [0, 0.1) is 11.8 Å². The van der Waals surface area contributed by atoms with E-state index >= 15 is 0 Å². The fourth-order valence-corrected chi connectivity index (χ4v) is 4.39. The van der Waals surface area contributed by atoms with Gasteiger partial charge in [-0.2, -0.15) is 4.31 Å². The predicted octanol–water partition coefficient (Wildman–Crippen LogP) is 1.78. The topological polar surface area (TPSA) is 84.9 Å². The molecule has 1 unspecified atom stereocenters. The fourth-order valence-electron chi connectivity index (χ4n) is 2.78. The number of hydrogen-bond acceptors (Lipinski definition) is 6. The number of nitrogens with one attached hydrogen (secondary N) is 1. The maximum absolute atomic E-state index is 13.2. The Hall–Kier alpha value is -2.08. The van der Waals surface area contributed by atoms with Crippen LogP contribution in [0.5, 0.6) is 5.75 Å². The van der Waals surface area contributed by atoms with E-state index < -0.39 is 27.6 Å². The number of rotatable bonds is 5. The summed E-state index contributed by atoms with van der Waals surface area (Å²) in [7, 11) is -3.87. The third-order valence-corrected chi connectivity index (χ3v) is 5.97. The van der Waals surface area contributed by atoms with Gasteiger partial charge in [-0.25, -0.2) is 8.42 Å². The van der Waals surface area contributed by atoms with Crippen LogP contribution < -0.4 is 10.1 Å². The van der Waals surface area contributed by atoms with Crippen LogP contribution in [-0.4, -0.2) is 56.6 Å². The maximum Gasteiger partial charge on any atom is 0.325 e. The lowest BCUT2D eigenvalue weighted by Gasteiger charge is -2.30. The average Bonchev–Trinajstić information content (AvgIpc) is 2.87. The normalized spacial score (nSPS) is 18.5. The fraction of sp³-hybridized carbons (Fsp3) is 0.550. The van der Waals surface area contributed by atoms with Gasteiger partial charge < -0.3 is 14.8 Å². The number of nitrogens with zero attached hydrogens (tertiary/aromatic N) is 1. The van der Waals surface area contributed by atoms with Crippen molar-refractivity contribution in [2.45, 2.75) is 50.7 Å². The molecule has 8 heteroatoms. The summed E-state index contributed by atoms with van der Waals surface area (Å²) < 4.78 is 38.6. The van der Waals surface area contributed by atoms with Crippen LogP contribution in [0.4, 0.5) is 0 Å². The summed E-state index contributed by atoms with van der Waals surface area (Å²) >= 11 is 0. The van der Waals surface area contributed by atoms with Gasteiger partial charge in [0.05, 0.1) is 4.90 Å². The van der Waals surface area contributed by atoms with E-state index in [-0.39, 0.29) is 18.0 Å². The Morgan fingerprint density at radius 3 is 2.54 bits per heavy atom. The van der Waals surface area contributed by atoms with Gasteiger partial charge >= 0.3 is 5.97 Å². The van der Waals surface area contributed by atoms with E-state index in [0.29, 0.717) is 25.3 Å². The molecule has 1 aliphatic rings. The highest BCUT2D eigenvalue weighted by molar-refractivity contribution is 7.89. The van der Waals surface area contributed by atoms with Gasteiger partial charge in [0.25, 0.3) is 0 Å². The van der Waals surface area contributed by atoms with Crippen molar-refractivity contribution in [3.05, 3.63) is 24.3 Å². The van der Waals surface area contributed by atoms with Gasteiger partial charge in [0.15, 0.2) is 0 Å². The van der Waals surface area contributed by atoms with Crippen molar-refractivity contribution in [1.82, 2.24) is 9.62 Å². The smallest absolute Gasteiger partial charge is 0.325 e. The molecule has 1 aromatic carbocycles. The van der Waals surface area contributed by atoms with E-state index in [1.807, 2.05) is 0 Å². The molecule has 1 N–H and O–H groups in total. The summed E-state index contributed by atoms with van der Waals surface area (Å²) in [5.74, 6) is 5.51. The molecule has 28 heavy (non-hydrogen) atoms. The van der Waals surface area contributed by atoms with Crippen LogP contribution >= 0.6 is 0 Å². The first-order valence-electron chi connectivity index (χ1n) is 9.23. The Morgan fingerprint density at radius 1 is 1.25 bits per heavy atom. The molecule has 1 fully saturated rings. The summed E-state index contributed by atoms with van der Waals surface area (Å²) in [6.45, 7) is 8.45. The van der Waals surface area contributed by atoms with Gasteiger partial charge in [-0.3, -0.25) is 4.79 Å². The van der Waals surface area contributed by atoms with E-state index in [4.69, 9.17) is 9.47 Å². The molecule has 1 aliphatic heterocycles. The molecule has 7 nitrogen and oxygen atoms in total. The van der Waals surface area contributed by atoms with Crippen LogP contribution in [0.3, 0.4) is 0 Å². The highest BCUT2D eigenvalue weighted by atomic mass is 32.2. The zero-order valence-electron chi connectivity index (χ0n) is 16.8. The molecule has 0 amide bonds. The van der Waals surface area contributed by atoms with Crippen molar-refractivity contribution >= 4 is 16.0 Å². The SMILES string of the molecule is CC#CCOc1ccc(S(=O)(=O)N2CCNCCC2C(=O)OC(C)(C)C)cc1. The van der Waals surface area contributed by atoms with Crippen molar-refractivity contribution in [3.8, 4) is 17.6 Å². The summed E-state index contributed by atoms with van der Waals surface area (Å²) in [5.41, 5.74) is -0.688. The van der Waals surface area contributed by atoms with Gasteiger partial charge in [0, 0.05) is 13.1 Å². The predicted molar refractivity (Wildman–Crippen MR) is 106 cm³/mol. The molecular weight excluding hydrogens is 380 g/mol. The van der Waals surface area contributed by atoms with E-state index in [2.05, 4.69) is 17.2 Å². The summed E-state index contributed by atoms with van der Waals surface area (Å²) in [5, 5.41) is 3.14. The Labute approximate surface area is 167 Å². The first-order valence-corrected chi connectivity index (χ1v) is 10.7. The van der Waals surface area contributed by atoms with Crippen LogP contribution in [0.15, 0.2) is 29.2 Å². The van der Waals surface area contributed by atoms with Gasteiger partial charge in [-0.1, -0.05) is 5.92 Å². The average molecular weight is 409 g/mol. The van der Waals surface area contributed by atoms with Crippen molar-refractivity contribution in [2.24, 2.45) is 0 Å². The molecule has 1 atom stereocenters. The molecule has 0 aromatic heterocycles. The quantitative estimate of drug-likeness (QED) is 0.591. The number of benzene rings is 1. The number of carbonyl (C=O) groups is 1. The molecule has 1 aromatic rings. The number of carbonyl (C=O) groups excluding carboxylic acids is 1. The molecule has 1 saturated heterocycles. The second kappa shape index (κ2) is 9.41. The van der Waals surface area contributed by atoms with Crippen LogP contribution in [0.25, 0.3) is 0 Å². The zero-order valence-corrected chi connectivity index (χ0v) is 17.6. The van der Waals surface area contributed by atoms with Crippen LogP contribution in [0.1, 0.15) is 34.1 Å². The minimum Gasteiger partial charge on any atom is -0.481 e.